The van der Waals surface area contributed by atoms with Crippen molar-refractivity contribution in [3.05, 3.63) is 35.9 Å². The molecule has 23 heavy (non-hydrogen) atoms. The second kappa shape index (κ2) is 8.71. The summed E-state index contributed by atoms with van der Waals surface area (Å²) in [7, 11) is 0. The van der Waals surface area contributed by atoms with Gasteiger partial charge in [-0.25, -0.2) is 0 Å². The molecule has 4 nitrogen and oxygen atoms in total. The summed E-state index contributed by atoms with van der Waals surface area (Å²) in [5.41, 5.74) is 0.959. The predicted molar refractivity (Wildman–Crippen MR) is 96.6 cm³/mol. The Morgan fingerprint density at radius 3 is 2.57 bits per heavy atom. The number of hydrogen-bond donors (Lipinski definition) is 2. The van der Waals surface area contributed by atoms with E-state index in [9.17, 15) is 4.79 Å². The molecule has 0 aromatic heterocycles. The lowest BCUT2D eigenvalue weighted by atomic mass is 9.89. The molecule has 128 valence electrons. The summed E-state index contributed by atoms with van der Waals surface area (Å²) in [4.78, 5) is 15.1. The highest BCUT2D eigenvalue weighted by atomic mass is 32.2. The molecule has 0 bridgehead atoms. The largest absolute Gasteiger partial charge is 0.396 e. The summed E-state index contributed by atoms with van der Waals surface area (Å²) in [6.07, 6.45) is 0.684. The van der Waals surface area contributed by atoms with Crippen LogP contribution in [-0.4, -0.2) is 53.7 Å². The van der Waals surface area contributed by atoms with Gasteiger partial charge >= 0.3 is 0 Å². The third-order valence-corrected chi connectivity index (χ3v) is 5.25. The highest BCUT2D eigenvalue weighted by Crippen LogP contribution is 2.25. The first-order chi connectivity index (χ1) is 11.0. The second-order valence-corrected chi connectivity index (χ2v) is 8.04. The number of carbonyl (C=O) groups is 1. The minimum atomic E-state index is -0.220. The van der Waals surface area contributed by atoms with Gasteiger partial charge in [0.2, 0.25) is 5.91 Å². The van der Waals surface area contributed by atoms with Crippen LogP contribution in [0.1, 0.15) is 31.9 Å². The molecule has 2 N–H and O–H groups in total. The van der Waals surface area contributed by atoms with Crippen molar-refractivity contribution in [2.75, 3.05) is 37.7 Å². The van der Waals surface area contributed by atoms with E-state index in [0.29, 0.717) is 13.0 Å². The quantitative estimate of drug-likeness (QED) is 0.802. The van der Waals surface area contributed by atoms with E-state index >= 15 is 0 Å². The maximum absolute atomic E-state index is 12.9. The molecule has 2 rings (SSSR count). The summed E-state index contributed by atoms with van der Waals surface area (Å²) in [6.45, 7) is 6.75. The first-order valence-electron chi connectivity index (χ1n) is 8.29. The molecule has 5 heteroatoms. The van der Waals surface area contributed by atoms with E-state index in [-0.39, 0.29) is 24.0 Å². The molecule has 1 aromatic rings. The average molecular weight is 337 g/mol. The molecule has 0 spiro atoms. The van der Waals surface area contributed by atoms with Crippen LogP contribution in [0.25, 0.3) is 0 Å². The maximum Gasteiger partial charge on any atom is 0.241 e. The van der Waals surface area contributed by atoms with Crippen molar-refractivity contribution in [1.29, 1.82) is 0 Å². The first kappa shape index (κ1) is 18.3. The van der Waals surface area contributed by atoms with Gasteiger partial charge in [0.25, 0.3) is 0 Å². The summed E-state index contributed by atoms with van der Waals surface area (Å²) >= 11 is 1.95. The fourth-order valence-electron chi connectivity index (χ4n) is 2.81. The number of aliphatic hydroxyl groups is 1. The number of aliphatic hydroxyl groups excluding tert-OH is 1. The molecule has 1 heterocycles. The van der Waals surface area contributed by atoms with Gasteiger partial charge in [0.05, 0.1) is 0 Å². The van der Waals surface area contributed by atoms with Crippen LogP contribution in [0.4, 0.5) is 0 Å². The number of carbonyl (C=O) groups excluding carboxylic acids is 1. The number of nitrogens with zero attached hydrogens (tertiary/aromatic N) is 1. The molecule has 1 aromatic carbocycles. The van der Waals surface area contributed by atoms with Crippen LogP contribution in [0.5, 0.6) is 0 Å². The van der Waals surface area contributed by atoms with E-state index in [1.807, 2.05) is 42.1 Å². The summed E-state index contributed by atoms with van der Waals surface area (Å²) in [5, 5.41) is 12.2. The van der Waals surface area contributed by atoms with Crippen LogP contribution < -0.4 is 5.32 Å². The van der Waals surface area contributed by atoms with Crippen molar-refractivity contribution in [3.8, 4) is 0 Å². The molecule has 1 saturated heterocycles. The van der Waals surface area contributed by atoms with Crippen LogP contribution in [-0.2, 0) is 4.79 Å². The van der Waals surface area contributed by atoms with Crippen LogP contribution in [0, 0.1) is 5.41 Å². The zero-order chi connectivity index (χ0) is 16.7. The minimum Gasteiger partial charge on any atom is -0.396 e. The normalized spacial score (nSPS) is 17.7. The Morgan fingerprint density at radius 1 is 1.30 bits per heavy atom. The third-order valence-electron chi connectivity index (χ3n) is 4.30. The molecule has 1 unspecified atom stereocenters. The van der Waals surface area contributed by atoms with Crippen molar-refractivity contribution in [2.24, 2.45) is 5.41 Å². The van der Waals surface area contributed by atoms with Gasteiger partial charge in [-0.15, -0.1) is 0 Å². The lowest BCUT2D eigenvalue weighted by molar-refractivity contribution is -0.127. The Morgan fingerprint density at radius 2 is 1.96 bits per heavy atom. The molecular formula is C18H28N2O2S. The van der Waals surface area contributed by atoms with Crippen LogP contribution in [0.3, 0.4) is 0 Å². The van der Waals surface area contributed by atoms with Crippen molar-refractivity contribution >= 4 is 17.7 Å². The second-order valence-electron chi connectivity index (χ2n) is 6.82. The molecule has 1 amide bonds. The molecule has 1 aliphatic heterocycles. The molecule has 0 radical (unpaired) electrons. The topological polar surface area (TPSA) is 52.6 Å². The van der Waals surface area contributed by atoms with Crippen molar-refractivity contribution in [2.45, 2.75) is 26.3 Å². The summed E-state index contributed by atoms with van der Waals surface area (Å²) in [6, 6.07) is 9.81. The van der Waals surface area contributed by atoms with E-state index in [1.54, 1.807) is 0 Å². The Labute approximate surface area is 143 Å². The Bertz CT molecular complexity index is 487. The number of amides is 1. The Kier molecular flexibility index (Phi) is 6.93. The van der Waals surface area contributed by atoms with Crippen molar-refractivity contribution < 1.29 is 9.90 Å². The van der Waals surface area contributed by atoms with Gasteiger partial charge in [0, 0.05) is 37.7 Å². The maximum atomic E-state index is 12.9. The number of rotatable bonds is 7. The van der Waals surface area contributed by atoms with E-state index < -0.39 is 0 Å². The zero-order valence-electron chi connectivity index (χ0n) is 14.1. The van der Waals surface area contributed by atoms with E-state index in [2.05, 4.69) is 24.1 Å². The fourth-order valence-corrected chi connectivity index (χ4v) is 3.74. The molecule has 0 saturated carbocycles. The number of nitrogens with one attached hydrogen (secondary N) is 1. The molecule has 0 aliphatic carbocycles. The van der Waals surface area contributed by atoms with Gasteiger partial charge in [-0.05, 0) is 17.4 Å². The van der Waals surface area contributed by atoms with E-state index in [4.69, 9.17) is 5.11 Å². The third kappa shape index (κ3) is 5.52. The van der Waals surface area contributed by atoms with Crippen LogP contribution >= 0.6 is 11.8 Å². The van der Waals surface area contributed by atoms with Crippen LogP contribution in [0.2, 0.25) is 0 Å². The highest BCUT2D eigenvalue weighted by Gasteiger charge is 2.29. The molecule has 1 atom stereocenters. The minimum absolute atomic E-state index is 0.0640. The van der Waals surface area contributed by atoms with E-state index in [1.165, 1.54) is 0 Å². The summed E-state index contributed by atoms with van der Waals surface area (Å²) in [5.74, 6) is 2.22. The Hall–Kier alpha value is -1.04. The molecular weight excluding hydrogens is 308 g/mol. The number of benzene rings is 1. The molecule has 1 aliphatic rings. The monoisotopic (exact) mass is 336 g/mol. The smallest absolute Gasteiger partial charge is 0.241 e. The average Bonchev–Trinajstić information content (AvgIpc) is 2.55. The van der Waals surface area contributed by atoms with E-state index in [0.717, 1.165) is 30.2 Å². The van der Waals surface area contributed by atoms with Gasteiger partial charge in [-0.3, -0.25) is 9.69 Å². The SMILES string of the molecule is CC(C)(CCO)CNC(=O)C(c1ccccc1)N1CCSCC1. The zero-order valence-corrected chi connectivity index (χ0v) is 14.9. The van der Waals surface area contributed by atoms with Gasteiger partial charge in [0.15, 0.2) is 0 Å². The van der Waals surface area contributed by atoms with Gasteiger partial charge in [-0.1, -0.05) is 44.2 Å². The van der Waals surface area contributed by atoms with Gasteiger partial charge < -0.3 is 10.4 Å². The Balaban J connectivity index is 2.08. The first-order valence-corrected chi connectivity index (χ1v) is 9.44. The fraction of sp³-hybridized carbons (Fsp3) is 0.611. The van der Waals surface area contributed by atoms with Crippen molar-refractivity contribution in [1.82, 2.24) is 10.2 Å². The van der Waals surface area contributed by atoms with Crippen molar-refractivity contribution in [3.63, 3.8) is 0 Å². The standard InChI is InChI=1S/C18H28N2O2S/c1-18(2,8-11-21)14-19-17(22)16(15-6-4-3-5-7-15)20-9-12-23-13-10-20/h3-7,16,21H,8-14H2,1-2H3,(H,19,22). The lowest BCUT2D eigenvalue weighted by Gasteiger charge is -2.34. The number of hydrogen-bond acceptors (Lipinski definition) is 4. The molecule has 1 fully saturated rings. The van der Waals surface area contributed by atoms with Crippen LogP contribution in [0.15, 0.2) is 30.3 Å². The van der Waals surface area contributed by atoms with Gasteiger partial charge in [0.1, 0.15) is 6.04 Å². The number of thioether (sulfide) groups is 1. The summed E-state index contributed by atoms with van der Waals surface area (Å²) < 4.78 is 0. The predicted octanol–water partition coefficient (Wildman–Crippen LogP) is 2.30. The lowest BCUT2D eigenvalue weighted by Crippen LogP contribution is -2.46. The highest BCUT2D eigenvalue weighted by molar-refractivity contribution is 7.99. The van der Waals surface area contributed by atoms with Gasteiger partial charge in [-0.2, -0.15) is 11.8 Å².